The molecule has 2 aromatic carbocycles. The van der Waals surface area contributed by atoms with Gasteiger partial charge in [0.2, 0.25) is 0 Å². The molecule has 0 aromatic heterocycles. The van der Waals surface area contributed by atoms with Crippen LogP contribution in [0.2, 0.25) is 0 Å². The summed E-state index contributed by atoms with van der Waals surface area (Å²) in [5, 5.41) is 0. The fourth-order valence-corrected chi connectivity index (χ4v) is 2.77. The number of aryl methyl sites for hydroxylation is 1. The van der Waals surface area contributed by atoms with Crippen LogP contribution >= 0.6 is 15.9 Å². The molecule has 24 heavy (non-hydrogen) atoms. The molecule has 2 rings (SSSR count). The average molecular weight is 388 g/mol. The highest BCUT2D eigenvalue weighted by molar-refractivity contribution is 9.10. The molecule has 1 amide bonds. The molecule has 0 aliphatic heterocycles. The molecule has 0 unspecified atom stereocenters. The summed E-state index contributed by atoms with van der Waals surface area (Å²) in [5.74, 6) is 0. The van der Waals surface area contributed by atoms with Crippen molar-refractivity contribution in [1.29, 1.82) is 0 Å². The molecule has 0 saturated carbocycles. The molecule has 0 aliphatic rings. The molecule has 4 heteroatoms. The number of amides is 1. The highest BCUT2D eigenvalue weighted by Gasteiger charge is 2.27. The Labute approximate surface area is 152 Å². The summed E-state index contributed by atoms with van der Waals surface area (Å²) in [4.78, 5) is 14.4. The third kappa shape index (κ3) is 4.26. The van der Waals surface area contributed by atoms with E-state index in [0.717, 1.165) is 15.6 Å². The van der Waals surface area contributed by atoms with Gasteiger partial charge in [-0.3, -0.25) is 0 Å². The summed E-state index contributed by atoms with van der Waals surface area (Å²) >= 11 is 3.51. The molecule has 0 atom stereocenters. The number of hydrogen-bond donors (Lipinski definition) is 0. The second-order valence-corrected chi connectivity index (χ2v) is 7.38. The van der Waals surface area contributed by atoms with Gasteiger partial charge in [0.1, 0.15) is 5.60 Å². The van der Waals surface area contributed by atoms with Crippen molar-refractivity contribution in [3.05, 3.63) is 70.7 Å². The maximum Gasteiger partial charge on any atom is 0.419 e. The van der Waals surface area contributed by atoms with Crippen molar-refractivity contribution < 1.29 is 9.53 Å². The average Bonchev–Trinajstić information content (AvgIpc) is 2.48. The maximum atomic E-state index is 12.9. The van der Waals surface area contributed by atoms with Crippen molar-refractivity contribution in [1.82, 2.24) is 0 Å². The van der Waals surface area contributed by atoms with E-state index in [1.807, 2.05) is 76.2 Å². The number of anilines is 1. The lowest BCUT2D eigenvalue weighted by Crippen LogP contribution is -2.36. The second kappa shape index (κ2) is 7.22. The zero-order valence-corrected chi connectivity index (χ0v) is 16.1. The third-order valence-electron chi connectivity index (χ3n) is 3.40. The predicted octanol–water partition coefficient (Wildman–Crippen LogP) is 6.17. The molecule has 0 N–H and O–H groups in total. The first-order valence-corrected chi connectivity index (χ1v) is 8.52. The van der Waals surface area contributed by atoms with Gasteiger partial charge >= 0.3 is 6.09 Å². The van der Waals surface area contributed by atoms with Crippen LogP contribution in [0.4, 0.5) is 10.5 Å². The molecule has 0 spiro atoms. The Morgan fingerprint density at radius 2 is 1.67 bits per heavy atom. The van der Waals surface area contributed by atoms with Gasteiger partial charge < -0.3 is 4.74 Å². The van der Waals surface area contributed by atoms with Crippen molar-refractivity contribution in [3.63, 3.8) is 0 Å². The van der Waals surface area contributed by atoms with Crippen LogP contribution in [0.1, 0.15) is 31.9 Å². The minimum atomic E-state index is -0.595. The lowest BCUT2D eigenvalue weighted by molar-refractivity contribution is 0.0600. The number of rotatable bonds is 3. The largest absolute Gasteiger partial charge is 0.443 e. The molecule has 0 radical (unpaired) electrons. The number of ether oxygens (including phenoxy) is 1. The van der Waals surface area contributed by atoms with E-state index in [0.29, 0.717) is 11.4 Å². The topological polar surface area (TPSA) is 29.5 Å². The van der Waals surface area contributed by atoms with Gasteiger partial charge in [0.05, 0.1) is 11.4 Å². The first-order valence-electron chi connectivity index (χ1n) is 7.73. The van der Waals surface area contributed by atoms with Gasteiger partial charge in [0, 0.05) is 10.0 Å². The molecule has 0 heterocycles. The summed E-state index contributed by atoms with van der Waals surface area (Å²) in [6.45, 7) is 11.7. The lowest BCUT2D eigenvalue weighted by Gasteiger charge is -2.30. The maximum absolute atomic E-state index is 12.9. The Morgan fingerprint density at radius 3 is 2.25 bits per heavy atom. The summed E-state index contributed by atoms with van der Waals surface area (Å²) in [5.41, 5.74) is 2.62. The fourth-order valence-electron chi connectivity index (χ4n) is 2.31. The number of benzene rings is 2. The molecular weight excluding hydrogens is 366 g/mol. The highest BCUT2D eigenvalue weighted by Crippen LogP contribution is 2.33. The van der Waals surface area contributed by atoms with E-state index in [2.05, 4.69) is 22.5 Å². The van der Waals surface area contributed by atoms with Crippen LogP contribution in [0.5, 0.6) is 0 Å². The Bertz CT molecular complexity index is 762. The van der Waals surface area contributed by atoms with E-state index in [4.69, 9.17) is 4.74 Å². The number of halogens is 1. The molecule has 2 aromatic rings. The number of carbonyl (C=O) groups excluding carboxylic acids is 1. The number of para-hydroxylation sites is 1. The van der Waals surface area contributed by atoms with E-state index in [-0.39, 0.29) is 0 Å². The van der Waals surface area contributed by atoms with E-state index in [9.17, 15) is 4.79 Å². The SMILES string of the molecule is C=C(c1ccccc1C)N(C(=O)OC(C)(C)C)c1ccccc1Br. The quantitative estimate of drug-likeness (QED) is 0.629. The summed E-state index contributed by atoms with van der Waals surface area (Å²) in [6.07, 6.45) is -0.456. The van der Waals surface area contributed by atoms with Crippen molar-refractivity contribution in [2.75, 3.05) is 4.90 Å². The molecule has 0 bridgehead atoms. The fraction of sp³-hybridized carbons (Fsp3) is 0.250. The number of carbonyl (C=O) groups is 1. The molecule has 3 nitrogen and oxygen atoms in total. The van der Waals surface area contributed by atoms with E-state index >= 15 is 0 Å². The predicted molar refractivity (Wildman–Crippen MR) is 103 cm³/mol. The van der Waals surface area contributed by atoms with Crippen LogP contribution in [0.25, 0.3) is 5.70 Å². The zero-order chi connectivity index (χ0) is 17.9. The molecule has 126 valence electrons. The van der Waals surface area contributed by atoms with Crippen LogP contribution in [0.15, 0.2) is 59.6 Å². The Balaban J connectivity index is 2.51. The van der Waals surface area contributed by atoms with Gasteiger partial charge in [-0.2, -0.15) is 0 Å². The summed E-state index contributed by atoms with van der Waals surface area (Å²) in [6, 6.07) is 15.4. The van der Waals surface area contributed by atoms with Gasteiger partial charge in [0.25, 0.3) is 0 Å². The molecule has 0 fully saturated rings. The normalized spacial score (nSPS) is 11.0. The summed E-state index contributed by atoms with van der Waals surface area (Å²) in [7, 11) is 0. The van der Waals surface area contributed by atoms with Crippen molar-refractivity contribution >= 4 is 33.4 Å². The van der Waals surface area contributed by atoms with Crippen molar-refractivity contribution in [2.24, 2.45) is 0 Å². The first-order chi connectivity index (χ1) is 11.2. The monoisotopic (exact) mass is 387 g/mol. The van der Waals surface area contributed by atoms with Crippen molar-refractivity contribution in [2.45, 2.75) is 33.3 Å². The molecule has 0 saturated heterocycles. The minimum Gasteiger partial charge on any atom is -0.443 e. The van der Waals surface area contributed by atoms with Gasteiger partial charge in [-0.25, -0.2) is 9.69 Å². The van der Waals surface area contributed by atoms with Crippen LogP contribution in [-0.4, -0.2) is 11.7 Å². The van der Waals surface area contributed by atoms with Crippen LogP contribution < -0.4 is 4.90 Å². The zero-order valence-electron chi connectivity index (χ0n) is 14.5. The van der Waals surface area contributed by atoms with Crippen LogP contribution in [0, 0.1) is 6.92 Å². The Morgan fingerprint density at radius 1 is 1.08 bits per heavy atom. The first kappa shape index (κ1) is 18.3. The van der Waals surface area contributed by atoms with Crippen LogP contribution in [0.3, 0.4) is 0 Å². The third-order valence-corrected chi connectivity index (χ3v) is 4.07. The van der Waals surface area contributed by atoms with Crippen molar-refractivity contribution in [3.8, 4) is 0 Å². The van der Waals surface area contributed by atoms with Gasteiger partial charge in [-0.05, 0) is 61.3 Å². The van der Waals surface area contributed by atoms with E-state index in [1.165, 1.54) is 4.90 Å². The van der Waals surface area contributed by atoms with Crippen LogP contribution in [-0.2, 0) is 4.74 Å². The molecule has 0 aliphatic carbocycles. The lowest BCUT2D eigenvalue weighted by atomic mass is 10.1. The Kier molecular flexibility index (Phi) is 5.50. The standard InChI is InChI=1S/C20H22BrNO2/c1-14-10-6-7-11-16(14)15(2)22(19(23)24-20(3,4)5)18-13-9-8-12-17(18)21/h6-13H,2H2,1,3-5H3. The Hall–Kier alpha value is -2.07. The number of nitrogens with zero attached hydrogens (tertiary/aromatic N) is 1. The second-order valence-electron chi connectivity index (χ2n) is 6.53. The van der Waals surface area contributed by atoms with E-state index in [1.54, 1.807) is 0 Å². The highest BCUT2D eigenvalue weighted by atomic mass is 79.9. The smallest absolute Gasteiger partial charge is 0.419 e. The number of hydrogen-bond acceptors (Lipinski definition) is 2. The molecular formula is C20H22BrNO2. The van der Waals surface area contributed by atoms with Gasteiger partial charge in [-0.1, -0.05) is 43.0 Å². The van der Waals surface area contributed by atoms with E-state index < -0.39 is 11.7 Å². The van der Waals surface area contributed by atoms with Gasteiger partial charge in [0.15, 0.2) is 0 Å². The van der Waals surface area contributed by atoms with Gasteiger partial charge in [-0.15, -0.1) is 0 Å². The minimum absolute atomic E-state index is 0.456. The summed E-state index contributed by atoms with van der Waals surface area (Å²) < 4.78 is 6.39.